The van der Waals surface area contributed by atoms with Crippen LogP contribution in [0.2, 0.25) is 0 Å². The molecule has 5 heteroatoms. The van der Waals surface area contributed by atoms with E-state index in [1.54, 1.807) is 11.8 Å². The zero-order valence-corrected chi connectivity index (χ0v) is 9.10. The topological polar surface area (TPSA) is 61.4 Å². The van der Waals surface area contributed by atoms with Crippen LogP contribution < -0.4 is 10.6 Å². The number of aliphatic hydroxyl groups excluding tert-OH is 1. The first-order chi connectivity index (χ1) is 7.20. The van der Waals surface area contributed by atoms with Crippen LogP contribution in [0, 0.1) is 0 Å². The first-order valence-corrected chi connectivity index (χ1v) is 5.55. The first kappa shape index (κ1) is 10.3. The van der Waals surface area contributed by atoms with Crippen molar-refractivity contribution in [3.8, 4) is 0 Å². The van der Waals surface area contributed by atoms with Crippen molar-refractivity contribution in [1.82, 2.24) is 0 Å². The lowest BCUT2D eigenvalue weighted by atomic mass is 10.2. The normalized spacial score (nSPS) is 19.3. The second-order valence-electron chi connectivity index (χ2n) is 3.30. The van der Waals surface area contributed by atoms with Gasteiger partial charge in [0.1, 0.15) is 6.73 Å². The Labute approximate surface area is 92.1 Å². The Morgan fingerprint density at radius 3 is 3.13 bits per heavy atom. The molecule has 0 saturated carbocycles. The standard InChI is InChI=1S/C10H12N2O2S/c1-6-10(14)12-8-4-7(11-5-13)2-3-9(8)15-6/h2-4,6,11,13H,5H2,1H3,(H,12,14). The largest absolute Gasteiger partial charge is 0.377 e. The van der Waals surface area contributed by atoms with Crippen molar-refractivity contribution in [2.45, 2.75) is 17.1 Å². The molecular formula is C10H12N2O2S. The molecule has 1 amide bonds. The van der Waals surface area contributed by atoms with E-state index in [1.165, 1.54) is 0 Å². The number of carbonyl (C=O) groups excluding carboxylic acids is 1. The minimum Gasteiger partial charge on any atom is -0.377 e. The highest BCUT2D eigenvalue weighted by molar-refractivity contribution is 8.00. The SMILES string of the molecule is CC1Sc2ccc(NCO)cc2NC1=O. The molecule has 80 valence electrons. The van der Waals surface area contributed by atoms with Gasteiger partial charge in [0.15, 0.2) is 0 Å². The molecule has 1 heterocycles. The summed E-state index contributed by atoms with van der Waals surface area (Å²) in [6, 6.07) is 5.64. The molecule has 1 aliphatic rings. The maximum absolute atomic E-state index is 11.4. The molecule has 0 saturated heterocycles. The maximum Gasteiger partial charge on any atom is 0.237 e. The van der Waals surface area contributed by atoms with Gasteiger partial charge in [-0.15, -0.1) is 11.8 Å². The minimum absolute atomic E-state index is 0.0219. The van der Waals surface area contributed by atoms with Gasteiger partial charge in [0.2, 0.25) is 5.91 Å². The Morgan fingerprint density at radius 2 is 2.40 bits per heavy atom. The fourth-order valence-electron chi connectivity index (χ4n) is 1.41. The predicted molar refractivity (Wildman–Crippen MR) is 61.1 cm³/mol. The van der Waals surface area contributed by atoms with E-state index in [0.717, 1.165) is 16.3 Å². The van der Waals surface area contributed by atoms with Crippen molar-refractivity contribution in [3.63, 3.8) is 0 Å². The number of thioether (sulfide) groups is 1. The third-order valence-electron chi connectivity index (χ3n) is 2.19. The third kappa shape index (κ3) is 2.08. The van der Waals surface area contributed by atoms with Gasteiger partial charge >= 0.3 is 0 Å². The Bertz CT molecular complexity index is 395. The highest BCUT2D eigenvalue weighted by Crippen LogP contribution is 2.36. The summed E-state index contributed by atoms with van der Waals surface area (Å²) in [5, 5.41) is 14.3. The van der Waals surface area contributed by atoms with Gasteiger partial charge in [-0.1, -0.05) is 0 Å². The molecule has 0 spiro atoms. The molecule has 1 aliphatic heterocycles. The zero-order valence-electron chi connectivity index (χ0n) is 8.28. The molecule has 0 aliphatic carbocycles. The molecule has 4 nitrogen and oxygen atoms in total. The van der Waals surface area contributed by atoms with Gasteiger partial charge in [-0.25, -0.2) is 0 Å². The maximum atomic E-state index is 11.4. The summed E-state index contributed by atoms with van der Waals surface area (Å²) < 4.78 is 0. The average molecular weight is 224 g/mol. The molecule has 0 aromatic heterocycles. The summed E-state index contributed by atoms with van der Waals surface area (Å²) in [4.78, 5) is 12.5. The Balaban J connectivity index is 2.29. The van der Waals surface area contributed by atoms with E-state index < -0.39 is 0 Å². The molecule has 0 fully saturated rings. The number of hydrogen-bond donors (Lipinski definition) is 3. The number of anilines is 2. The number of nitrogens with one attached hydrogen (secondary N) is 2. The molecule has 1 unspecified atom stereocenters. The molecule has 1 atom stereocenters. The lowest BCUT2D eigenvalue weighted by Crippen LogP contribution is -2.26. The quantitative estimate of drug-likeness (QED) is 0.666. The Kier molecular flexibility index (Phi) is 2.83. The first-order valence-electron chi connectivity index (χ1n) is 4.67. The lowest BCUT2D eigenvalue weighted by molar-refractivity contribution is -0.115. The van der Waals surface area contributed by atoms with Crippen LogP contribution in [0.5, 0.6) is 0 Å². The second kappa shape index (κ2) is 4.12. The van der Waals surface area contributed by atoms with Gasteiger partial charge in [-0.2, -0.15) is 0 Å². The summed E-state index contributed by atoms with van der Waals surface area (Å²) in [5.74, 6) is 0.0219. The Morgan fingerprint density at radius 1 is 1.60 bits per heavy atom. The van der Waals surface area contributed by atoms with Gasteiger partial charge < -0.3 is 15.7 Å². The molecule has 2 rings (SSSR count). The lowest BCUT2D eigenvalue weighted by Gasteiger charge is -2.21. The molecular weight excluding hydrogens is 212 g/mol. The summed E-state index contributed by atoms with van der Waals surface area (Å²) in [6.07, 6.45) is 0. The van der Waals surface area contributed by atoms with Crippen molar-refractivity contribution in [2.24, 2.45) is 0 Å². The molecule has 15 heavy (non-hydrogen) atoms. The van der Waals surface area contributed by atoms with Crippen LogP contribution >= 0.6 is 11.8 Å². The number of rotatable bonds is 2. The van der Waals surface area contributed by atoms with E-state index in [-0.39, 0.29) is 17.9 Å². The van der Waals surface area contributed by atoms with Crippen LogP contribution in [-0.4, -0.2) is 23.0 Å². The number of fused-ring (bicyclic) bond motifs is 1. The van der Waals surface area contributed by atoms with Crippen molar-refractivity contribution in [2.75, 3.05) is 17.4 Å². The minimum atomic E-state index is -0.115. The number of amides is 1. The molecule has 0 radical (unpaired) electrons. The van der Waals surface area contributed by atoms with Crippen molar-refractivity contribution < 1.29 is 9.90 Å². The van der Waals surface area contributed by atoms with E-state index in [4.69, 9.17) is 5.11 Å². The van der Waals surface area contributed by atoms with E-state index in [9.17, 15) is 4.79 Å². The van der Waals surface area contributed by atoms with Crippen LogP contribution in [0.1, 0.15) is 6.92 Å². The van der Waals surface area contributed by atoms with Gasteiger partial charge in [0.25, 0.3) is 0 Å². The predicted octanol–water partition coefficient (Wildman–Crippen LogP) is 1.48. The number of benzene rings is 1. The number of carbonyl (C=O) groups is 1. The van der Waals surface area contributed by atoms with Crippen LogP contribution in [0.4, 0.5) is 11.4 Å². The van der Waals surface area contributed by atoms with E-state index in [2.05, 4.69) is 10.6 Å². The third-order valence-corrected chi connectivity index (χ3v) is 3.37. The molecule has 3 N–H and O–H groups in total. The summed E-state index contributed by atoms with van der Waals surface area (Å²) in [5.41, 5.74) is 1.60. The van der Waals surface area contributed by atoms with Crippen molar-refractivity contribution in [3.05, 3.63) is 18.2 Å². The number of aliphatic hydroxyl groups is 1. The van der Waals surface area contributed by atoms with Gasteiger partial charge in [-0.05, 0) is 25.1 Å². The highest BCUT2D eigenvalue weighted by atomic mass is 32.2. The van der Waals surface area contributed by atoms with Gasteiger partial charge in [0.05, 0.1) is 10.9 Å². The zero-order chi connectivity index (χ0) is 10.8. The molecule has 1 aromatic carbocycles. The smallest absolute Gasteiger partial charge is 0.237 e. The number of hydrogen-bond acceptors (Lipinski definition) is 4. The monoisotopic (exact) mass is 224 g/mol. The van der Waals surface area contributed by atoms with Crippen LogP contribution in [-0.2, 0) is 4.79 Å². The van der Waals surface area contributed by atoms with E-state index >= 15 is 0 Å². The van der Waals surface area contributed by atoms with Crippen molar-refractivity contribution in [1.29, 1.82) is 0 Å². The van der Waals surface area contributed by atoms with Crippen LogP contribution in [0.3, 0.4) is 0 Å². The summed E-state index contributed by atoms with van der Waals surface area (Å²) >= 11 is 1.54. The van der Waals surface area contributed by atoms with E-state index in [0.29, 0.717) is 0 Å². The molecule has 0 bridgehead atoms. The molecule has 1 aromatic rings. The average Bonchev–Trinajstić information content (AvgIpc) is 2.21. The second-order valence-corrected chi connectivity index (χ2v) is 4.68. The van der Waals surface area contributed by atoms with E-state index in [1.807, 2.05) is 25.1 Å². The van der Waals surface area contributed by atoms with Crippen LogP contribution in [0.25, 0.3) is 0 Å². The fraction of sp³-hybridized carbons (Fsp3) is 0.300. The van der Waals surface area contributed by atoms with Crippen molar-refractivity contribution >= 4 is 29.0 Å². The highest BCUT2D eigenvalue weighted by Gasteiger charge is 2.22. The Hall–Kier alpha value is -1.20. The van der Waals surface area contributed by atoms with Gasteiger partial charge in [-0.3, -0.25) is 4.79 Å². The van der Waals surface area contributed by atoms with Gasteiger partial charge in [0, 0.05) is 10.6 Å². The fourth-order valence-corrected chi connectivity index (χ4v) is 2.34. The van der Waals surface area contributed by atoms with Crippen LogP contribution in [0.15, 0.2) is 23.1 Å². The summed E-state index contributed by atoms with van der Waals surface area (Å²) in [6.45, 7) is 1.76. The summed E-state index contributed by atoms with van der Waals surface area (Å²) in [7, 11) is 0.